The van der Waals surface area contributed by atoms with Gasteiger partial charge in [0.25, 0.3) is 0 Å². The van der Waals surface area contributed by atoms with Crippen molar-refractivity contribution in [1.29, 1.82) is 0 Å². The fraction of sp³-hybridized carbons (Fsp3) is 0.600. The quantitative estimate of drug-likeness (QED) is 0.871. The Balaban J connectivity index is 2.30. The Hall–Kier alpha value is -0.870. The molecule has 1 aromatic rings. The highest BCUT2D eigenvalue weighted by molar-refractivity contribution is 7.92. The molecule has 106 valence electrons. The average Bonchev–Trinajstić information content (AvgIpc) is 2.76. The van der Waals surface area contributed by atoms with E-state index >= 15 is 0 Å². The molecule has 0 aromatic heterocycles. The highest BCUT2D eigenvalue weighted by Gasteiger charge is 2.39. The smallest absolute Gasteiger partial charge is 0.155 e. The molecular weight excluding hydrogens is 258 g/mol. The topological polar surface area (TPSA) is 46.2 Å². The molecule has 2 rings (SSSR count). The Morgan fingerprint density at radius 2 is 1.95 bits per heavy atom. The van der Waals surface area contributed by atoms with Gasteiger partial charge in [-0.3, -0.25) is 0 Å². The molecule has 0 amide bonds. The molecule has 0 saturated heterocycles. The van der Waals surface area contributed by atoms with E-state index in [2.05, 4.69) is 24.4 Å². The fourth-order valence-corrected chi connectivity index (χ4v) is 4.83. The third kappa shape index (κ3) is 3.00. The van der Waals surface area contributed by atoms with Gasteiger partial charge in [-0.15, -0.1) is 0 Å². The van der Waals surface area contributed by atoms with Crippen molar-refractivity contribution in [3.05, 3.63) is 35.4 Å². The highest BCUT2D eigenvalue weighted by Crippen LogP contribution is 2.35. The molecule has 3 nitrogen and oxygen atoms in total. The summed E-state index contributed by atoms with van der Waals surface area (Å²) in [5, 5.41) is 3.13. The van der Waals surface area contributed by atoms with E-state index in [9.17, 15) is 8.42 Å². The Morgan fingerprint density at radius 1 is 1.21 bits per heavy atom. The van der Waals surface area contributed by atoms with E-state index in [1.54, 1.807) is 0 Å². The lowest BCUT2D eigenvalue weighted by atomic mass is 10.1. The molecule has 0 fully saturated rings. The van der Waals surface area contributed by atoms with Crippen molar-refractivity contribution in [2.45, 2.75) is 44.4 Å². The van der Waals surface area contributed by atoms with Gasteiger partial charge in [-0.2, -0.15) is 0 Å². The van der Waals surface area contributed by atoms with Crippen LogP contribution in [0.4, 0.5) is 0 Å². The monoisotopic (exact) mass is 281 g/mol. The van der Waals surface area contributed by atoms with E-state index in [-0.39, 0.29) is 17.0 Å². The Labute approximate surface area is 116 Å². The van der Waals surface area contributed by atoms with Crippen molar-refractivity contribution in [2.75, 3.05) is 12.3 Å². The summed E-state index contributed by atoms with van der Waals surface area (Å²) in [5.74, 6) is 0.288. The molecule has 0 heterocycles. The lowest BCUT2D eigenvalue weighted by Crippen LogP contribution is -2.36. The fourth-order valence-electron chi connectivity index (χ4n) is 2.87. The van der Waals surface area contributed by atoms with Crippen LogP contribution >= 0.6 is 0 Å². The van der Waals surface area contributed by atoms with Crippen molar-refractivity contribution in [3.63, 3.8) is 0 Å². The minimum absolute atomic E-state index is 0.0345. The molecule has 0 saturated carbocycles. The van der Waals surface area contributed by atoms with Crippen LogP contribution in [-0.2, 0) is 16.3 Å². The van der Waals surface area contributed by atoms with Crippen molar-refractivity contribution >= 4 is 9.84 Å². The number of rotatable bonds is 6. The third-order valence-corrected chi connectivity index (χ3v) is 6.09. The lowest BCUT2D eigenvalue weighted by molar-refractivity contribution is 0.505. The number of hydrogen-bond acceptors (Lipinski definition) is 3. The van der Waals surface area contributed by atoms with Gasteiger partial charge in [0.2, 0.25) is 0 Å². The molecule has 2 unspecified atom stereocenters. The first-order valence-corrected chi connectivity index (χ1v) is 8.84. The molecule has 0 radical (unpaired) electrons. The van der Waals surface area contributed by atoms with Crippen LogP contribution in [0.3, 0.4) is 0 Å². The summed E-state index contributed by atoms with van der Waals surface area (Å²) in [6.45, 7) is 4.88. The highest BCUT2D eigenvalue weighted by atomic mass is 32.2. The SMILES string of the molecule is CCCNC1c2ccccc2CC1S(=O)(=O)CCC. The van der Waals surface area contributed by atoms with Crippen molar-refractivity contribution in [2.24, 2.45) is 0 Å². The first-order valence-electron chi connectivity index (χ1n) is 7.13. The Bertz CT molecular complexity index is 525. The molecule has 0 spiro atoms. The molecule has 19 heavy (non-hydrogen) atoms. The molecule has 1 aliphatic carbocycles. The first-order chi connectivity index (χ1) is 9.10. The predicted octanol–water partition coefficient (Wildman–Crippen LogP) is 2.48. The molecule has 1 N–H and O–H groups in total. The van der Waals surface area contributed by atoms with Crippen LogP contribution in [0.15, 0.2) is 24.3 Å². The summed E-state index contributed by atoms with van der Waals surface area (Å²) in [4.78, 5) is 0. The Kier molecular flexibility index (Phi) is 4.63. The summed E-state index contributed by atoms with van der Waals surface area (Å²) >= 11 is 0. The minimum Gasteiger partial charge on any atom is -0.309 e. The van der Waals surface area contributed by atoms with Gasteiger partial charge in [0, 0.05) is 6.04 Å². The zero-order chi connectivity index (χ0) is 13.9. The number of benzene rings is 1. The van der Waals surface area contributed by atoms with Gasteiger partial charge in [-0.25, -0.2) is 8.42 Å². The van der Waals surface area contributed by atoms with Crippen molar-refractivity contribution < 1.29 is 8.42 Å². The van der Waals surface area contributed by atoms with Crippen LogP contribution in [0.1, 0.15) is 43.9 Å². The van der Waals surface area contributed by atoms with Crippen molar-refractivity contribution in [1.82, 2.24) is 5.32 Å². The number of hydrogen-bond donors (Lipinski definition) is 1. The van der Waals surface area contributed by atoms with E-state index in [0.29, 0.717) is 12.8 Å². The van der Waals surface area contributed by atoms with Crippen LogP contribution < -0.4 is 5.32 Å². The molecule has 2 atom stereocenters. The molecule has 0 aliphatic heterocycles. The molecular formula is C15H23NO2S. The molecule has 0 bridgehead atoms. The van der Waals surface area contributed by atoms with E-state index in [1.165, 1.54) is 11.1 Å². The Morgan fingerprint density at radius 3 is 2.63 bits per heavy atom. The summed E-state index contributed by atoms with van der Waals surface area (Å²) in [6, 6.07) is 8.06. The van der Waals surface area contributed by atoms with E-state index in [4.69, 9.17) is 0 Å². The standard InChI is InChI=1S/C15H23NO2S/c1-3-9-16-15-13-8-6-5-7-12(13)11-14(15)19(17,18)10-4-2/h5-8,14-16H,3-4,9-11H2,1-2H3. The lowest BCUT2D eigenvalue weighted by Gasteiger charge is -2.22. The maximum Gasteiger partial charge on any atom is 0.155 e. The van der Waals surface area contributed by atoms with Crippen molar-refractivity contribution in [3.8, 4) is 0 Å². The number of nitrogens with one attached hydrogen (secondary N) is 1. The van der Waals surface area contributed by atoms with E-state index in [0.717, 1.165) is 13.0 Å². The van der Waals surface area contributed by atoms with Gasteiger partial charge in [0.05, 0.1) is 11.0 Å². The van der Waals surface area contributed by atoms with Gasteiger partial charge in [-0.1, -0.05) is 38.1 Å². The van der Waals surface area contributed by atoms with Crippen LogP contribution in [0.25, 0.3) is 0 Å². The third-order valence-electron chi connectivity index (χ3n) is 3.75. The normalized spacial score (nSPS) is 22.4. The van der Waals surface area contributed by atoms with Crippen LogP contribution in [0.2, 0.25) is 0 Å². The summed E-state index contributed by atoms with van der Waals surface area (Å²) < 4.78 is 24.9. The predicted molar refractivity (Wildman–Crippen MR) is 79.0 cm³/mol. The minimum atomic E-state index is -3.02. The zero-order valence-electron chi connectivity index (χ0n) is 11.7. The average molecular weight is 281 g/mol. The summed E-state index contributed by atoms with van der Waals surface area (Å²) in [5.41, 5.74) is 2.35. The second-order valence-corrected chi connectivity index (χ2v) is 7.58. The van der Waals surface area contributed by atoms with Crippen LogP contribution in [0, 0.1) is 0 Å². The van der Waals surface area contributed by atoms with Gasteiger partial charge in [0.15, 0.2) is 9.84 Å². The second-order valence-electron chi connectivity index (χ2n) is 5.24. The van der Waals surface area contributed by atoms with Gasteiger partial charge >= 0.3 is 0 Å². The maximum atomic E-state index is 12.4. The largest absolute Gasteiger partial charge is 0.309 e. The van der Waals surface area contributed by atoms with Gasteiger partial charge < -0.3 is 5.32 Å². The molecule has 1 aliphatic rings. The number of fused-ring (bicyclic) bond motifs is 1. The molecule has 1 aromatic carbocycles. The second kappa shape index (κ2) is 6.06. The van der Waals surface area contributed by atoms with Crippen LogP contribution in [0.5, 0.6) is 0 Å². The van der Waals surface area contributed by atoms with E-state index in [1.807, 2.05) is 19.1 Å². The summed E-state index contributed by atoms with van der Waals surface area (Å²) in [6.07, 6.45) is 2.36. The van der Waals surface area contributed by atoms with E-state index < -0.39 is 9.84 Å². The summed E-state index contributed by atoms with van der Waals surface area (Å²) in [7, 11) is -3.02. The maximum absolute atomic E-state index is 12.4. The number of sulfone groups is 1. The van der Waals surface area contributed by atoms with Gasteiger partial charge in [0.1, 0.15) is 0 Å². The first kappa shape index (κ1) is 14.5. The zero-order valence-corrected chi connectivity index (χ0v) is 12.5. The van der Waals surface area contributed by atoms with Crippen LogP contribution in [-0.4, -0.2) is 26.0 Å². The molecule has 4 heteroatoms. The van der Waals surface area contributed by atoms with Gasteiger partial charge in [-0.05, 0) is 36.9 Å².